The molecule has 1 aromatic rings. The van der Waals surface area contributed by atoms with E-state index in [4.69, 9.17) is 27.4 Å². The number of hydrogen-bond donors (Lipinski definition) is 2. The number of anilines is 1. The van der Waals surface area contributed by atoms with E-state index in [-0.39, 0.29) is 16.2 Å². The van der Waals surface area contributed by atoms with Gasteiger partial charge in [0.2, 0.25) is 0 Å². The van der Waals surface area contributed by atoms with Crippen LogP contribution in [0.1, 0.15) is 12.0 Å². The van der Waals surface area contributed by atoms with Gasteiger partial charge in [0.15, 0.2) is 0 Å². The van der Waals surface area contributed by atoms with E-state index in [0.717, 1.165) is 6.42 Å². The first-order valence-electron chi connectivity index (χ1n) is 6.03. The van der Waals surface area contributed by atoms with Gasteiger partial charge in [0.25, 0.3) is 0 Å². The maximum absolute atomic E-state index is 13.7. The molecule has 1 aliphatic heterocycles. The van der Waals surface area contributed by atoms with Crippen molar-refractivity contribution in [3.63, 3.8) is 0 Å². The van der Waals surface area contributed by atoms with Crippen LogP contribution in [0.5, 0.6) is 0 Å². The summed E-state index contributed by atoms with van der Waals surface area (Å²) in [7, 11) is 1.65. The Hall–Kier alpha value is -1.24. The number of methoxy groups -OCH3 is 1. The molecule has 1 fully saturated rings. The Kier molecular flexibility index (Phi) is 4.34. The van der Waals surface area contributed by atoms with Crippen LogP contribution in [-0.4, -0.2) is 37.5 Å². The minimum Gasteiger partial charge on any atom is -0.389 e. The van der Waals surface area contributed by atoms with Gasteiger partial charge in [-0.25, -0.2) is 4.39 Å². The van der Waals surface area contributed by atoms with Crippen LogP contribution in [0.2, 0.25) is 0 Å². The Morgan fingerprint density at radius 3 is 3.00 bits per heavy atom. The van der Waals surface area contributed by atoms with Crippen molar-refractivity contribution < 1.29 is 13.9 Å². The quantitative estimate of drug-likeness (QED) is 0.806. The first-order chi connectivity index (χ1) is 9.08. The summed E-state index contributed by atoms with van der Waals surface area (Å²) >= 11 is 4.88. The molecule has 1 aromatic carbocycles. The molecule has 1 atom stereocenters. The highest BCUT2D eigenvalue weighted by atomic mass is 32.1. The summed E-state index contributed by atoms with van der Waals surface area (Å²) in [5.41, 5.74) is 6.00. The standard InChI is InChI=1S/C13H17FN2O2S/c1-17-13(5-6-18-8-13)7-16-10-4-2-3-9(14)11(10)12(15)19/h2-4,16H,5-8H2,1H3,(H2,15,19). The van der Waals surface area contributed by atoms with Crippen molar-refractivity contribution in [2.24, 2.45) is 5.73 Å². The lowest BCUT2D eigenvalue weighted by molar-refractivity contribution is -0.00620. The van der Waals surface area contributed by atoms with E-state index in [0.29, 0.717) is 25.4 Å². The number of ether oxygens (including phenoxy) is 2. The molecule has 2 rings (SSSR count). The molecule has 6 heteroatoms. The van der Waals surface area contributed by atoms with Crippen LogP contribution in [-0.2, 0) is 9.47 Å². The van der Waals surface area contributed by atoms with Crippen LogP contribution in [0, 0.1) is 5.82 Å². The Balaban J connectivity index is 2.15. The molecule has 0 radical (unpaired) electrons. The fourth-order valence-corrected chi connectivity index (χ4v) is 2.35. The van der Waals surface area contributed by atoms with Crippen molar-refractivity contribution in [3.05, 3.63) is 29.6 Å². The average Bonchev–Trinajstić information content (AvgIpc) is 2.85. The summed E-state index contributed by atoms with van der Waals surface area (Å²) in [6, 6.07) is 4.70. The lowest BCUT2D eigenvalue weighted by Crippen LogP contribution is -2.40. The molecular weight excluding hydrogens is 267 g/mol. The van der Waals surface area contributed by atoms with Crippen LogP contribution < -0.4 is 11.1 Å². The van der Waals surface area contributed by atoms with Crippen molar-refractivity contribution in [3.8, 4) is 0 Å². The smallest absolute Gasteiger partial charge is 0.135 e. The molecule has 0 saturated carbocycles. The molecule has 0 aromatic heterocycles. The number of rotatable bonds is 5. The molecule has 3 N–H and O–H groups in total. The largest absolute Gasteiger partial charge is 0.389 e. The van der Waals surface area contributed by atoms with Gasteiger partial charge in [0.05, 0.1) is 12.2 Å². The molecule has 19 heavy (non-hydrogen) atoms. The van der Waals surface area contributed by atoms with Crippen LogP contribution in [0.3, 0.4) is 0 Å². The van der Waals surface area contributed by atoms with Gasteiger partial charge >= 0.3 is 0 Å². The first kappa shape index (κ1) is 14.2. The number of halogens is 1. The molecule has 4 nitrogen and oxygen atoms in total. The van der Waals surface area contributed by atoms with Gasteiger partial charge < -0.3 is 20.5 Å². The highest BCUT2D eigenvalue weighted by molar-refractivity contribution is 7.80. The van der Waals surface area contributed by atoms with Crippen molar-refractivity contribution >= 4 is 22.9 Å². The van der Waals surface area contributed by atoms with Crippen LogP contribution in [0.25, 0.3) is 0 Å². The molecule has 0 spiro atoms. The summed E-state index contributed by atoms with van der Waals surface area (Å²) in [5, 5.41) is 3.16. The van der Waals surface area contributed by atoms with E-state index in [2.05, 4.69) is 5.32 Å². The van der Waals surface area contributed by atoms with E-state index in [1.54, 1.807) is 19.2 Å². The maximum Gasteiger partial charge on any atom is 0.135 e. The molecule has 1 saturated heterocycles. The fourth-order valence-electron chi connectivity index (χ4n) is 2.14. The monoisotopic (exact) mass is 284 g/mol. The minimum atomic E-state index is -0.424. The average molecular weight is 284 g/mol. The normalized spacial score (nSPS) is 22.4. The molecule has 0 bridgehead atoms. The van der Waals surface area contributed by atoms with Gasteiger partial charge in [-0.05, 0) is 12.1 Å². The Morgan fingerprint density at radius 1 is 1.63 bits per heavy atom. The Labute approximate surface area is 117 Å². The van der Waals surface area contributed by atoms with Gasteiger partial charge in [0.1, 0.15) is 16.4 Å². The van der Waals surface area contributed by atoms with Crippen LogP contribution in [0.4, 0.5) is 10.1 Å². The summed E-state index contributed by atoms with van der Waals surface area (Å²) in [4.78, 5) is 0.0368. The molecule has 1 aliphatic rings. The minimum absolute atomic E-state index is 0.0368. The number of hydrogen-bond acceptors (Lipinski definition) is 4. The second-order valence-electron chi connectivity index (χ2n) is 4.57. The molecule has 1 heterocycles. The Bertz CT molecular complexity index is 476. The third kappa shape index (κ3) is 3.02. The molecule has 0 amide bonds. The second-order valence-corrected chi connectivity index (χ2v) is 5.01. The summed E-state index contributed by atoms with van der Waals surface area (Å²) in [5.74, 6) is -0.424. The summed E-state index contributed by atoms with van der Waals surface area (Å²) < 4.78 is 24.6. The number of benzene rings is 1. The summed E-state index contributed by atoms with van der Waals surface area (Å²) in [6.45, 7) is 1.71. The zero-order chi connectivity index (χ0) is 13.9. The van der Waals surface area contributed by atoms with Gasteiger partial charge in [-0.15, -0.1) is 0 Å². The van der Waals surface area contributed by atoms with Gasteiger partial charge in [0, 0.05) is 32.4 Å². The molecule has 0 aliphatic carbocycles. The third-order valence-electron chi connectivity index (χ3n) is 3.36. The predicted molar refractivity (Wildman–Crippen MR) is 76.0 cm³/mol. The first-order valence-corrected chi connectivity index (χ1v) is 6.44. The predicted octanol–water partition coefficient (Wildman–Crippen LogP) is 1.68. The van der Waals surface area contributed by atoms with E-state index >= 15 is 0 Å². The van der Waals surface area contributed by atoms with E-state index < -0.39 is 5.82 Å². The van der Waals surface area contributed by atoms with Gasteiger partial charge in [-0.3, -0.25) is 0 Å². The second kappa shape index (κ2) is 5.81. The van der Waals surface area contributed by atoms with Crippen molar-refractivity contribution in [1.29, 1.82) is 0 Å². The van der Waals surface area contributed by atoms with E-state index in [9.17, 15) is 4.39 Å². The van der Waals surface area contributed by atoms with Crippen LogP contribution in [0.15, 0.2) is 18.2 Å². The SMILES string of the molecule is COC1(CNc2cccc(F)c2C(N)=S)CCOC1. The lowest BCUT2D eigenvalue weighted by Gasteiger charge is -2.27. The van der Waals surface area contributed by atoms with Crippen molar-refractivity contribution in [2.45, 2.75) is 12.0 Å². The van der Waals surface area contributed by atoms with E-state index in [1.165, 1.54) is 6.07 Å². The van der Waals surface area contributed by atoms with Crippen LogP contribution >= 0.6 is 12.2 Å². The number of nitrogens with two attached hydrogens (primary N) is 1. The highest BCUT2D eigenvalue weighted by Gasteiger charge is 2.34. The Morgan fingerprint density at radius 2 is 2.42 bits per heavy atom. The zero-order valence-corrected chi connectivity index (χ0v) is 11.6. The van der Waals surface area contributed by atoms with Gasteiger partial charge in [-0.1, -0.05) is 18.3 Å². The summed E-state index contributed by atoms with van der Waals surface area (Å²) in [6.07, 6.45) is 0.800. The highest BCUT2D eigenvalue weighted by Crippen LogP contribution is 2.25. The lowest BCUT2D eigenvalue weighted by atomic mass is 10.0. The molecule has 104 valence electrons. The fraction of sp³-hybridized carbons (Fsp3) is 0.462. The molecule has 1 unspecified atom stereocenters. The van der Waals surface area contributed by atoms with Gasteiger partial charge in [-0.2, -0.15) is 0 Å². The third-order valence-corrected chi connectivity index (χ3v) is 3.57. The van der Waals surface area contributed by atoms with Crippen molar-refractivity contribution in [2.75, 3.05) is 32.2 Å². The topological polar surface area (TPSA) is 56.5 Å². The number of nitrogens with one attached hydrogen (secondary N) is 1. The van der Waals surface area contributed by atoms with E-state index in [1.807, 2.05) is 0 Å². The van der Waals surface area contributed by atoms with Crippen molar-refractivity contribution in [1.82, 2.24) is 0 Å². The number of thiocarbonyl (C=S) groups is 1. The molecular formula is C13H17FN2O2S. The maximum atomic E-state index is 13.7. The zero-order valence-electron chi connectivity index (χ0n) is 10.7.